The highest BCUT2D eigenvalue weighted by atomic mass is 16.2. The summed E-state index contributed by atoms with van der Waals surface area (Å²) < 4.78 is 0. The molecule has 2 rings (SSSR count). The quantitative estimate of drug-likeness (QED) is 0.460. The summed E-state index contributed by atoms with van der Waals surface area (Å²) in [5, 5.41) is 0. The molecular formula is C9H8N2O2. The van der Waals surface area contributed by atoms with E-state index in [-0.39, 0.29) is 0 Å². The van der Waals surface area contributed by atoms with Crippen LogP contribution in [-0.4, -0.2) is 18.7 Å². The molecular weight excluding hydrogens is 168 g/mol. The van der Waals surface area contributed by atoms with Crippen LogP contribution in [0.4, 0.5) is 11.4 Å². The first kappa shape index (κ1) is 7.79. The number of fused-ring (bicyclic) bond motifs is 1. The molecule has 0 spiro atoms. The van der Waals surface area contributed by atoms with Gasteiger partial charge in [0.15, 0.2) is 0 Å². The van der Waals surface area contributed by atoms with Crippen molar-refractivity contribution in [1.82, 2.24) is 0 Å². The van der Waals surface area contributed by atoms with Gasteiger partial charge in [0.2, 0.25) is 0 Å². The Kier molecular flexibility index (Phi) is 1.39. The van der Waals surface area contributed by atoms with Crippen molar-refractivity contribution in [2.75, 3.05) is 17.7 Å². The van der Waals surface area contributed by atoms with Crippen molar-refractivity contribution in [3.8, 4) is 0 Å². The Morgan fingerprint density at radius 1 is 1.31 bits per heavy atom. The molecule has 4 nitrogen and oxygen atoms in total. The Hall–Kier alpha value is -1.84. The van der Waals surface area contributed by atoms with Crippen LogP contribution in [0.3, 0.4) is 0 Å². The van der Waals surface area contributed by atoms with Gasteiger partial charge in [-0.1, -0.05) is 6.07 Å². The lowest BCUT2D eigenvalue weighted by atomic mass is 10.1. The minimum Gasteiger partial charge on any atom is -0.398 e. The molecule has 0 aliphatic carbocycles. The molecule has 1 aliphatic heterocycles. The molecule has 1 heterocycles. The lowest BCUT2D eigenvalue weighted by Gasteiger charge is -2.07. The fourth-order valence-electron chi connectivity index (χ4n) is 1.45. The van der Waals surface area contributed by atoms with Crippen LogP contribution in [0.2, 0.25) is 0 Å². The van der Waals surface area contributed by atoms with E-state index in [1.807, 2.05) is 0 Å². The smallest absolute Gasteiger partial charge is 0.299 e. The zero-order valence-corrected chi connectivity index (χ0v) is 7.07. The van der Waals surface area contributed by atoms with Gasteiger partial charge in [-0.05, 0) is 12.1 Å². The molecule has 0 saturated heterocycles. The number of likely N-dealkylation sites (N-methyl/N-ethyl adjacent to an activating group) is 1. The number of anilines is 2. The number of carbonyl (C=O) groups excluding carboxylic acids is 2. The largest absolute Gasteiger partial charge is 0.398 e. The second-order valence-corrected chi connectivity index (χ2v) is 2.93. The van der Waals surface area contributed by atoms with Crippen molar-refractivity contribution in [3.05, 3.63) is 23.8 Å². The van der Waals surface area contributed by atoms with Gasteiger partial charge >= 0.3 is 0 Å². The number of hydrogen-bond acceptors (Lipinski definition) is 3. The molecule has 66 valence electrons. The van der Waals surface area contributed by atoms with Gasteiger partial charge < -0.3 is 10.6 Å². The average molecular weight is 176 g/mol. The molecule has 1 aromatic carbocycles. The zero-order valence-electron chi connectivity index (χ0n) is 7.07. The Bertz CT molecular complexity index is 412. The Morgan fingerprint density at radius 2 is 2.00 bits per heavy atom. The van der Waals surface area contributed by atoms with Crippen LogP contribution >= 0.6 is 0 Å². The number of nitrogen functional groups attached to an aromatic ring is 1. The predicted octanol–water partition coefficient (Wildman–Crippen LogP) is 0.428. The number of nitrogens with zero attached hydrogens (tertiary/aromatic N) is 1. The van der Waals surface area contributed by atoms with Gasteiger partial charge in [0.1, 0.15) is 0 Å². The number of benzene rings is 1. The first-order chi connectivity index (χ1) is 6.13. The van der Waals surface area contributed by atoms with Crippen molar-refractivity contribution in [1.29, 1.82) is 0 Å². The molecule has 2 N–H and O–H groups in total. The zero-order chi connectivity index (χ0) is 9.59. The molecule has 0 bridgehead atoms. The Balaban J connectivity index is 2.73. The Morgan fingerprint density at radius 3 is 2.62 bits per heavy atom. The lowest BCUT2D eigenvalue weighted by Crippen LogP contribution is -2.24. The highest BCUT2D eigenvalue weighted by molar-refractivity contribution is 6.53. The fourth-order valence-corrected chi connectivity index (χ4v) is 1.45. The first-order valence-electron chi connectivity index (χ1n) is 3.84. The van der Waals surface area contributed by atoms with E-state index in [9.17, 15) is 9.59 Å². The molecule has 1 aromatic rings. The van der Waals surface area contributed by atoms with E-state index < -0.39 is 11.7 Å². The predicted molar refractivity (Wildman–Crippen MR) is 48.6 cm³/mol. The fraction of sp³-hybridized carbons (Fsp3) is 0.111. The second kappa shape index (κ2) is 2.32. The van der Waals surface area contributed by atoms with E-state index in [0.29, 0.717) is 16.9 Å². The SMILES string of the molecule is CN1C(=O)C(=O)c2c(N)cccc21. The van der Waals surface area contributed by atoms with E-state index >= 15 is 0 Å². The maximum atomic E-state index is 11.4. The van der Waals surface area contributed by atoms with Crippen LogP contribution in [0, 0.1) is 0 Å². The number of amides is 1. The number of ketones is 1. The summed E-state index contributed by atoms with van der Waals surface area (Å²) in [6.45, 7) is 0. The summed E-state index contributed by atoms with van der Waals surface area (Å²) in [7, 11) is 1.56. The van der Waals surface area contributed by atoms with Crippen molar-refractivity contribution in [3.63, 3.8) is 0 Å². The summed E-state index contributed by atoms with van der Waals surface area (Å²) in [5.41, 5.74) is 6.87. The van der Waals surface area contributed by atoms with Crippen LogP contribution in [0.25, 0.3) is 0 Å². The number of hydrogen-bond donors (Lipinski definition) is 1. The number of Topliss-reactive ketones (excluding diaryl/α,β-unsaturated/α-hetero) is 1. The van der Waals surface area contributed by atoms with E-state index in [0.717, 1.165) is 0 Å². The molecule has 4 heteroatoms. The van der Waals surface area contributed by atoms with Crippen molar-refractivity contribution in [2.24, 2.45) is 0 Å². The number of rotatable bonds is 0. The van der Waals surface area contributed by atoms with Gasteiger partial charge in [-0.2, -0.15) is 0 Å². The van der Waals surface area contributed by atoms with Gasteiger partial charge in [-0.25, -0.2) is 0 Å². The third-order valence-corrected chi connectivity index (χ3v) is 2.16. The molecule has 1 aliphatic rings. The summed E-state index contributed by atoms with van der Waals surface area (Å²) in [4.78, 5) is 23.9. The van der Waals surface area contributed by atoms with Gasteiger partial charge in [-0.3, -0.25) is 9.59 Å². The third kappa shape index (κ3) is 0.853. The lowest BCUT2D eigenvalue weighted by molar-refractivity contribution is -0.114. The number of nitrogens with two attached hydrogens (primary N) is 1. The van der Waals surface area contributed by atoms with E-state index in [2.05, 4.69) is 0 Å². The minimum absolute atomic E-state index is 0.329. The average Bonchev–Trinajstić information content (AvgIpc) is 2.33. The molecule has 1 amide bonds. The molecule has 0 saturated carbocycles. The van der Waals surface area contributed by atoms with Crippen LogP contribution < -0.4 is 10.6 Å². The van der Waals surface area contributed by atoms with Gasteiger partial charge in [0, 0.05) is 12.7 Å². The summed E-state index contributed by atoms with van der Waals surface area (Å²) in [5.74, 6) is -1.04. The molecule has 0 unspecified atom stereocenters. The van der Waals surface area contributed by atoms with Gasteiger partial charge in [0.05, 0.1) is 11.3 Å². The third-order valence-electron chi connectivity index (χ3n) is 2.16. The molecule has 0 atom stereocenters. The van der Waals surface area contributed by atoms with E-state index in [1.165, 1.54) is 4.90 Å². The molecule has 13 heavy (non-hydrogen) atoms. The summed E-state index contributed by atoms with van der Waals surface area (Å²) >= 11 is 0. The number of carbonyl (C=O) groups is 2. The maximum Gasteiger partial charge on any atom is 0.299 e. The highest BCUT2D eigenvalue weighted by Gasteiger charge is 2.34. The van der Waals surface area contributed by atoms with Gasteiger partial charge in [0.25, 0.3) is 11.7 Å². The van der Waals surface area contributed by atoms with E-state index in [4.69, 9.17) is 5.73 Å². The summed E-state index contributed by atoms with van der Waals surface area (Å²) in [6, 6.07) is 5.04. The van der Waals surface area contributed by atoms with Crippen LogP contribution in [0.1, 0.15) is 10.4 Å². The van der Waals surface area contributed by atoms with Crippen LogP contribution in [0.5, 0.6) is 0 Å². The molecule has 0 fully saturated rings. The highest BCUT2D eigenvalue weighted by Crippen LogP contribution is 2.31. The standard InChI is InChI=1S/C9H8N2O2/c1-11-6-4-2-3-5(10)7(6)8(12)9(11)13/h2-4H,10H2,1H3. The van der Waals surface area contributed by atoms with Gasteiger partial charge in [-0.15, -0.1) is 0 Å². The van der Waals surface area contributed by atoms with Crippen molar-refractivity contribution >= 4 is 23.1 Å². The molecule has 0 aromatic heterocycles. The first-order valence-corrected chi connectivity index (χ1v) is 3.84. The molecule has 0 radical (unpaired) electrons. The monoisotopic (exact) mass is 176 g/mol. The van der Waals surface area contributed by atoms with Crippen molar-refractivity contribution < 1.29 is 9.59 Å². The van der Waals surface area contributed by atoms with Crippen LogP contribution in [0.15, 0.2) is 18.2 Å². The van der Waals surface area contributed by atoms with Crippen molar-refractivity contribution in [2.45, 2.75) is 0 Å². The minimum atomic E-state index is -0.520. The maximum absolute atomic E-state index is 11.4. The summed E-state index contributed by atoms with van der Waals surface area (Å²) in [6.07, 6.45) is 0. The second-order valence-electron chi connectivity index (χ2n) is 2.93. The topological polar surface area (TPSA) is 63.4 Å². The Labute approximate surface area is 74.9 Å². The van der Waals surface area contributed by atoms with E-state index in [1.54, 1.807) is 25.2 Å². The van der Waals surface area contributed by atoms with Crippen LogP contribution in [-0.2, 0) is 4.79 Å². The normalized spacial score (nSPS) is 15.0.